The molecule has 0 saturated carbocycles. The Morgan fingerprint density at radius 1 is 1.12 bits per heavy atom. The number of nitrogens with zero attached hydrogens (tertiary/aromatic N) is 2. The summed E-state index contributed by atoms with van der Waals surface area (Å²) in [5.74, 6) is -1.57. The highest BCUT2D eigenvalue weighted by atomic mass is 35.5. The van der Waals surface area contributed by atoms with Gasteiger partial charge in [-0.15, -0.1) is 0 Å². The second kappa shape index (κ2) is 8.85. The van der Waals surface area contributed by atoms with Gasteiger partial charge in [-0.1, -0.05) is 48.0 Å². The van der Waals surface area contributed by atoms with Gasteiger partial charge in [-0.2, -0.15) is 0 Å². The van der Waals surface area contributed by atoms with Gasteiger partial charge in [-0.3, -0.25) is 14.6 Å². The fraction of sp³-hybridized carbons (Fsp3) is 0.160. The lowest BCUT2D eigenvalue weighted by Crippen LogP contribution is -2.29. The van der Waals surface area contributed by atoms with Crippen LogP contribution >= 0.6 is 11.6 Å². The third kappa shape index (κ3) is 3.85. The molecule has 6 nitrogen and oxygen atoms in total. The van der Waals surface area contributed by atoms with Crippen LogP contribution in [0.5, 0.6) is 5.75 Å². The van der Waals surface area contributed by atoms with E-state index in [2.05, 4.69) is 4.98 Å². The van der Waals surface area contributed by atoms with E-state index < -0.39 is 17.7 Å². The van der Waals surface area contributed by atoms with E-state index in [9.17, 15) is 14.7 Å². The zero-order valence-electron chi connectivity index (χ0n) is 17.6. The van der Waals surface area contributed by atoms with Gasteiger partial charge in [0.15, 0.2) is 0 Å². The Bertz CT molecular complexity index is 1210. The van der Waals surface area contributed by atoms with Crippen LogP contribution in [-0.2, 0) is 16.1 Å². The third-order valence-electron chi connectivity index (χ3n) is 5.36. The number of aryl methyl sites for hydroxylation is 1. The number of amides is 1. The van der Waals surface area contributed by atoms with E-state index in [1.807, 2.05) is 43.3 Å². The van der Waals surface area contributed by atoms with Crippen molar-refractivity contribution in [2.45, 2.75) is 19.5 Å². The number of aliphatic hydroxyl groups is 1. The SMILES string of the molecule is COc1c(Cl)cc(C)cc1/C(O)=C1\C(=O)C(=O)N(Cc2ccccn2)C1c1ccccc1. The van der Waals surface area contributed by atoms with Crippen molar-refractivity contribution in [3.05, 3.63) is 99.8 Å². The first kappa shape index (κ1) is 21.6. The van der Waals surface area contributed by atoms with Crippen molar-refractivity contribution in [2.24, 2.45) is 0 Å². The monoisotopic (exact) mass is 448 g/mol. The van der Waals surface area contributed by atoms with Crippen molar-refractivity contribution in [3.8, 4) is 5.75 Å². The fourth-order valence-electron chi connectivity index (χ4n) is 3.95. The summed E-state index contributed by atoms with van der Waals surface area (Å²) in [4.78, 5) is 32.0. The Kier molecular flexibility index (Phi) is 5.97. The smallest absolute Gasteiger partial charge is 0.296 e. The Labute approximate surface area is 190 Å². The largest absolute Gasteiger partial charge is 0.507 e. The molecule has 7 heteroatoms. The number of Topliss-reactive ketones (excluding diaryl/α,β-unsaturated/α-hetero) is 1. The molecule has 2 aromatic carbocycles. The number of benzene rings is 2. The highest BCUT2D eigenvalue weighted by molar-refractivity contribution is 6.46. The van der Waals surface area contributed by atoms with Gasteiger partial charge in [0.25, 0.3) is 11.7 Å². The molecule has 3 aromatic rings. The van der Waals surface area contributed by atoms with Gasteiger partial charge in [-0.05, 0) is 42.3 Å². The van der Waals surface area contributed by atoms with E-state index in [-0.39, 0.29) is 29.2 Å². The van der Waals surface area contributed by atoms with Gasteiger partial charge in [0.2, 0.25) is 0 Å². The Balaban J connectivity index is 1.92. The minimum Gasteiger partial charge on any atom is -0.507 e. The number of ketones is 1. The van der Waals surface area contributed by atoms with Crippen LogP contribution < -0.4 is 4.74 Å². The molecule has 1 N–H and O–H groups in total. The molecule has 4 rings (SSSR count). The first-order valence-electron chi connectivity index (χ1n) is 10.00. The van der Waals surface area contributed by atoms with Crippen LogP contribution in [0.3, 0.4) is 0 Å². The first-order chi connectivity index (χ1) is 15.4. The molecule has 32 heavy (non-hydrogen) atoms. The molecular formula is C25H21ClN2O4. The topological polar surface area (TPSA) is 79.7 Å². The number of hydrogen-bond acceptors (Lipinski definition) is 5. The van der Waals surface area contributed by atoms with Crippen molar-refractivity contribution in [3.63, 3.8) is 0 Å². The highest BCUT2D eigenvalue weighted by Crippen LogP contribution is 2.43. The maximum Gasteiger partial charge on any atom is 0.296 e. The molecule has 1 fully saturated rings. The maximum atomic E-state index is 13.2. The summed E-state index contributed by atoms with van der Waals surface area (Å²) < 4.78 is 5.39. The molecule has 1 aliphatic heterocycles. The van der Waals surface area contributed by atoms with Gasteiger partial charge < -0.3 is 14.7 Å². The number of pyridine rings is 1. The number of aromatic nitrogens is 1. The van der Waals surface area contributed by atoms with Gasteiger partial charge in [0, 0.05) is 6.20 Å². The fourth-order valence-corrected chi connectivity index (χ4v) is 4.30. The predicted molar refractivity (Wildman–Crippen MR) is 121 cm³/mol. The normalized spacial score (nSPS) is 17.6. The number of halogens is 1. The van der Waals surface area contributed by atoms with Gasteiger partial charge in [-0.25, -0.2) is 0 Å². The van der Waals surface area contributed by atoms with E-state index in [1.54, 1.807) is 30.5 Å². The van der Waals surface area contributed by atoms with E-state index in [0.717, 1.165) is 5.56 Å². The number of rotatable bonds is 5. The summed E-state index contributed by atoms with van der Waals surface area (Å²) in [6.45, 7) is 1.93. The van der Waals surface area contributed by atoms with Crippen LogP contribution in [0.25, 0.3) is 5.76 Å². The van der Waals surface area contributed by atoms with Crippen LogP contribution in [0, 0.1) is 6.92 Å². The van der Waals surface area contributed by atoms with Crippen LogP contribution in [0.1, 0.15) is 28.4 Å². The Hall–Kier alpha value is -3.64. The second-order valence-electron chi connectivity index (χ2n) is 7.49. The second-order valence-corrected chi connectivity index (χ2v) is 7.89. The molecule has 1 atom stereocenters. The van der Waals surface area contributed by atoms with Crippen LogP contribution in [0.15, 0.2) is 72.4 Å². The molecule has 0 bridgehead atoms. The Morgan fingerprint density at radius 2 is 1.84 bits per heavy atom. The van der Waals surface area contributed by atoms with Gasteiger partial charge >= 0.3 is 0 Å². The molecule has 0 aliphatic carbocycles. The van der Waals surface area contributed by atoms with Crippen LogP contribution in [0.4, 0.5) is 0 Å². The molecule has 1 aromatic heterocycles. The van der Waals surface area contributed by atoms with Crippen LogP contribution in [-0.4, -0.2) is 33.8 Å². The Morgan fingerprint density at radius 3 is 2.50 bits per heavy atom. The zero-order valence-corrected chi connectivity index (χ0v) is 18.3. The third-order valence-corrected chi connectivity index (χ3v) is 5.64. The maximum absolute atomic E-state index is 13.2. The lowest BCUT2D eigenvalue weighted by atomic mass is 9.94. The number of likely N-dealkylation sites (tertiary alicyclic amines) is 1. The average Bonchev–Trinajstić information content (AvgIpc) is 3.04. The van der Waals surface area contributed by atoms with Crippen molar-refractivity contribution < 1.29 is 19.4 Å². The van der Waals surface area contributed by atoms with E-state index in [4.69, 9.17) is 16.3 Å². The van der Waals surface area contributed by atoms with Crippen molar-refractivity contribution in [1.29, 1.82) is 0 Å². The van der Waals surface area contributed by atoms with Crippen molar-refractivity contribution in [1.82, 2.24) is 9.88 Å². The number of hydrogen-bond donors (Lipinski definition) is 1. The lowest BCUT2D eigenvalue weighted by molar-refractivity contribution is -0.140. The quantitative estimate of drug-likeness (QED) is 0.348. The minimum atomic E-state index is -0.790. The summed E-state index contributed by atoms with van der Waals surface area (Å²) in [5.41, 5.74) is 2.34. The number of ether oxygens (including phenoxy) is 1. The number of methoxy groups -OCH3 is 1. The van der Waals surface area contributed by atoms with Crippen LogP contribution in [0.2, 0.25) is 5.02 Å². The molecule has 1 unspecified atom stereocenters. The van der Waals surface area contributed by atoms with Gasteiger partial charge in [0.05, 0.1) is 41.5 Å². The average molecular weight is 449 g/mol. The summed E-state index contributed by atoms with van der Waals surface area (Å²) in [7, 11) is 1.43. The van der Waals surface area contributed by atoms with E-state index >= 15 is 0 Å². The predicted octanol–water partition coefficient (Wildman–Crippen LogP) is 4.67. The van der Waals surface area contributed by atoms with Crippen molar-refractivity contribution in [2.75, 3.05) is 7.11 Å². The molecular weight excluding hydrogens is 428 g/mol. The standard InChI is InChI=1S/C25H21ClN2O4/c1-15-12-18(24(32-2)19(26)13-15)22(29)20-21(16-8-4-3-5-9-16)28(25(31)23(20)30)14-17-10-6-7-11-27-17/h3-13,21,29H,14H2,1-2H3/b22-20+. The number of aliphatic hydroxyl groups excluding tert-OH is 1. The lowest BCUT2D eigenvalue weighted by Gasteiger charge is -2.25. The van der Waals surface area contributed by atoms with E-state index in [1.165, 1.54) is 12.0 Å². The summed E-state index contributed by atoms with van der Waals surface area (Å²) in [5, 5.41) is 11.6. The van der Waals surface area contributed by atoms with Crippen molar-refractivity contribution >= 4 is 29.1 Å². The molecule has 0 radical (unpaired) electrons. The highest BCUT2D eigenvalue weighted by Gasteiger charge is 2.46. The summed E-state index contributed by atoms with van der Waals surface area (Å²) in [6.07, 6.45) is 1.63. The van der Waals surface area contributed by atoms with E-state index in [0.29, 0.717) is 16.3 Å². The summed E-state index contributed by atoms with van der Waals surface area (Å²) >= 11 is 6.31. The number of carbonyl (C=O) groups is 2. The molecule has 1 aliphatic rings. The number of carbonyl (C=O) groups excluding carboxylic acids is 2. The minimum absolute atomic E-state index is 0.0166. The molecule has 162 valence electrons. The first-order valence-corrected chi connectivity index (χ1v) is 10.4. The zero-order chi connectivity index (χ0) is 22.8. The summed E-state index contributed by atoms with van der Waals surface area (Å²) in [6, 6.07) is 17.1. The van der Waals surface area contributed by atoms with Gasteiger partial charge in [0.1, 0.15) is 11.5 Å². The molecule has 1 amide bonds. The molecule has 1 saturated heterocycles. The molecule has 2 heterocycles. The molecule has 0 spiro atoms.